The number of sulfone groups is 1. The van der Waals surface area contributed by atoms with E-state index < -0.39 is 15.9 Å². The molecule has 0 saturated carbocycles. The molecule has 1 aromatic rings. The molecule has 0 radical (unpaired) electrons. The lowest BCUT2D eigenvalue weighted by Gasteiger charge is -2.02. The molecule has 5 heteroatoms. The minimum Gasteiger partial charge on any atom is -0.399 e. The lowest BCUT2D eigenvalue weighted by atomic mass is 10.1. The van der Waals surface area contributed by atoms with Gasteiger partial charge in [-0.25, -0.2) is 8.42 Å². The molecule has 0 spiro atoms. The molecule has 0 fully saturated rings. The Morgan fingerprint density at radius 2 is 2.08 bits per heavy atom. The first-order valence-corrected chi connectivity index (χ1v) is 5.54. The average molecular weight is 198 g/mol. The number of hydrogen-bond acceptors (Lipinski definition) is 4. The van der Waals surface area contributed by atoms with Crippen LogP contribution in [0.15, 0.2) is 23.1 Å². The van der Waals surface area contributed by atoms with Crippen LogP contribution < -0.4 is 11.5 Å². The van der Waals surface area contributed by atoms with Gasteiger partial charge in [0, 0.05) is 11.7 Å². The summed E-state index contributed by atoms with van der Waals surface area (Å²) in [6.45, 7) is 0. The fraction of sp³-hybridized carbons (Fsp3) is 0.250. The number of hydrogen-bond donors (Lipinski definition) is 2. The predicted octanol–water partition coefficient (Wildman–Crippen LogP) is 0.0559. The SMILES string of the molecule is Nc1ccc2c(c1)C(N)CS2(=O)=O. The summed E-state index contributed by atoms with van der Waals surface area (Å²) in [5.41, 5.74) is 12.4. The van der Waals surface area contributed by atoms with E-state index in [1.165, 1.54) is 6.07 Å². The first-order chi connectivity index (χ1) is 6.00. The fourth-order valence-electron chi connectivity index (χ4n) is 1.56. The highest BCUT2D eigenvalue weighted by Crippen LogP contribution is 2.32. The molecule has 1 atom stereocenters. The molecule has 0 saturated heterocycles. The highest BCUT2D eigenvalue weighted by molar-refractivity contribution is 7.91. The summed E-state index contributed by atoms with van der Waals surface area (Å²) in [5, 5.41) is 0. The first kappa shape index (κ1) is 8.52. The third-order valence-corrected chi connectivity index (χ3v) is 4.01. The van der Waals surface area contributed by atoms with Gasteiger partial charge in [-0.3, -0.25) is 0 Å². The Morgan fingerprint density at radius 1 is 1.38 bits per heavy atom. The number of anilines is 1. The highest BCUT2D eigenvalue weighted by Gasteiger charge is 2.32. The van der Waals surface area contributed by atoms with Gasteiger partial charge in [-0.1, -0.05) is 0 Å². The zero-order chi connectivity index (χ0) is 9.64. The van der Waals surface area contributed by atoms with Crippen molar-refractivity contribution in [2.24, 2.45) is 5.73 Å². The maximum Gasteiger partial charge on any atom is 0.180 e. The third kappa shape index (κ3) is 1.20. The van der Waals surface area contributed by atoms with E-state index >= 15 is 0 Å². The van der Waals surface area contributed by atoms with E-state index in [0.717, 1.165) is 0 Å². The molecule has 4 N–H and O–H groups in total. The predicted molar refractivity (Wildman–Crippen MR) is 49.8 cm³/mol. The van der Waals surface area contributed by atoms with Gasteiger partial charge < -0.3 is 11.5 Å². The lowest BCUT2D eigenvalue weighted by molar-refractivity contribution is 0.598. The Bertz CT molecular complexity index is 453. The zero-order valence-corrected chi connectivity index (χ0v) is 7.71. The molecule has 0 aromatic heterocycles. The average Bonchev–Trinajstić information content (AvgIpc) is 2.22. The van der Waals surface area contributed by atoms with Gasteiger partial charge in [0.05, 0.1) is 10.6 Å². The molecule has 0 aliphatic carbocycles. The second-order valence-electron chi connectivity index (χ2n) is 3.19. The van der Waals surface area contributed by atoms with Gasteiger partial charge in [0.2, 0.25) is 0 Å². The van der Waals surface area contributed by atoms with Crippen LogP contribution in [0.5, 0.6) is 0 Å². The van der Waals surface area contributed by atoms with Gasteiger partial charge in [0.25, 0.3) is 0 Å². The summed E-state index contributed by atoms with van der Waals surface area (Å²) >= 11 is 0. The largest absolute Gasteiger partial charge is 0.399 e. The standard InChI is InChI=1S/C8H10N2O2S/c9-5-1-2-8-6(3-5)7(10)4-13(8,11)12/h1-3,7H,4,9-10H2. The fourth-order valence-corrected chi connectivity index (χ4v) is 3.23. The van der Waals surface area contributed by atoms with Crippen LogP contribution in [-0.4, -0.2) is 14.2 Å². The topological polar surface area (TPSA) is 86.2 Å². The van der Waals surface area contributed by atoms with Crippen molar-refractivity contribution in [2.75, 3.05) is 11.5 Å². The van der Waals surface area contributed by atoms with Gasteiger partial charge in [0.1, 0.15) is 0 Å². The minimum atomic E-state index is -3.15. The van der Waals surface area contributed by atoms with Crippen LogP contribution in [0, 0.1) is 0 Å². The summed E-state index contributed by atoms with van der Waals surface area (Å²) in [6.07, 6.45) is 0. The van der Waals surface area contributed by atoms with Crippen LogP contribution in [0.2, 0.25) is 0 Å². The summed E-state index contributed by atoms with van der Waals surface area (Å²) in [7, 11) is -3.15. The summed E-state index contributed by atoms with van der Waals surface area (Å²) in [6, 6.07) is 4.30. The maximum absolute atomic E-state index is 11.5. The normalized spacial score (nSPS) is 24.2. The van der Waals surface area contributed by atoms with Crippen LogP contribution >= 0.6 is 0 Å². The molecule has 0 bridgehead atoms. The van der Waals surface area contributed by atoms with E-state index in [4.69, 9.17) is 11.5 Å². The lowest BCUT2D eigenvalue weighted by Crippen LogP contribution is -2.12. The van der Waals surface area contributed by atoms with Crippen molar-refractivity contribution >= 4 is 15.5 Å². The van der Waals surface area contributed by atoms with Crippen molar-refractivity contribution < 1.29 is 8.42 Å². The number of rotatable bonds is 0. The molecule has 2 rings (SSSR count). The second kappa shape index (κ2) is 2.46. The van der Waals surface area contributed by atoms with Crippen LogP contribution in [-0.2, 0) is 9.84 Å². The van der Waals surface area contributed by atoms with Crippen LogP contribution in [0.25, 0.3) is 0 Å². The monoisotopic (exact) mass is 198 g/mol. The third-order valence-electron chi connectivity index (χ3n) is 2.17. The van der Waals surface area contributed by atoms with Crippen LogP contribution in [0.1, 0.15) is 11.6 Å². The Hall–Kier alpha value is -1.07. The van der Waals surface area contributed by atoms with Crippen molar-refractivity contribution in [2.45, 2.75) is 10.9 Å². The van der Waals surface area contributed by atoms with Crippen molar-refractivity contribution in [1.29, 1.82) is 0 Å². The van der Waals surface area contributed by atoms with Gasteiger partial charge in [-0.2, -0.15) is 0 Å². The molecule has 70 valence electrons. The number of fused-ring (bicyclic) bond motifs is 1. The van der Waals surface area contributed by atoms with Crippen molar-refractivity contribution in [1.82, 2.24) is 0 Å². The Kier molecular flexibility index (Phi) is 1.61. The van der Waals surface area contributed by atoms with E-state index in [2.05, 4.69) is 0 Å². The summed E-state index contributed by atoms with van der Waals surface area (Å²) < 4.78 is 22.9. The minimum absolute atomic E-state index is 0.00815. The molecule has 1 heterocycles. The van der Waals surface area contributed by atoms with Crippen LogP contribution in [0.3, 0.4) is 0 Å². The molecule has 4 nitrogen and oxygen atoms in total. The van der Waals surface area contributed by atoms with Crippen molar-refractivity contribution in [3.63, 3.8) is 0 Å². The second-order valence-corrected chi connectivity index (χ2v) is 5.19. The highest BCUT2D eigenvalue weighted by atomic mass is 32.2. The number of nitrogens with two attached hydrogens (primary N) is 2. The number of benzene rings is 1. The molecule has 1 aliphatic heterocycles. The molecular weight excluding hydrogens is 188 g/mol. The van der Waals surface area contributed by atoms with Gasteiger partial charge in [-0.15, -0.1) is 0 Å². The van der Waals surface area contributed by atoms with Crippen molar-refractivity contribution in [3.05, 3.63) is 23.8 Å². The van der Waals surface area contributed by atoms with E-state index in [-0.39, 0.29) is 5.75 Å². The molecule has 1 aromatic carbocycles. The molecule has 0 amide bonds. The maximum atomic E-state index is 11.5. The van der Waals surface area contributed by atoms with Gasteiger partial charge in [-0.05, 0) is 23.8 Å². The van der Waals surface area contributed by atoms with E-state index in [9.17, 15) is 8.42 Å². The quantitative estimate of drug-likeness (QED) is 0.577. The van der Waals surface area contributed by atoms with E-state index in [1.54, 1.807) is 12.1 Å². The number of nitrogen functional groups attached to an aromatic ring is 1. The molecular formula is C8H10N2O2S. The smallest absolute Gasteiger partial charge is 0.180 e. The summed E-state index contributed by atoms with van der Waals surface area (Å²) in [5.74, 6) is -0.00815. The Morgan fingerprint density at radius 3 is 2.77 bits per heavy atom. The molecule has 1 aliphatic rings. The first-order valence-electron chi connectivity index (χ1n) is 3.88. The molecule has 13 heavy (non-hydrogen) atoms. The van der Waals surface area contributed by atoms with E-state index in [1.807, 2.05) is 0 Å². The summed E-state index contributed by atoms with van der Waals surface area (Å²) in [4.78, 5) is 0.328. The van der Waals surface area contributed by atoms with Crippen molar-refractivity contribution in [3.8, 4) is 0 Å². The zero-order valence-electron chi connectivity index (χ0n) is 6.90. The van der Waals surface area contributed by atoms with Crippen LogP contribution in [0.4, 0.5) is 5.69 Å². The van der Waals surface area contributed by atoms with Gasteiger partial charge in [0.15, 0.2) is 9.84 Å². The van der Waals surface area contributed by atoms with E-state index in [0.29, 0.717) is 16.1 Å². The Balaban J connectivity index is 2.73. The Labute approximate surface area is 76.5 Å². The van der Waals surface area contributed by atoms with Gasteiger partial charge >= 0.3 is 0 Å². The molecule has 1 unspecified atom stereocenters.